The summed E-state index contributed by atoms with van der Waals surface area (Å²) in [4.78, 5) is 0. The zero-order valence-electron chi connectivity index (χ0n) is 10.9. The zero-order valence-corrected chi connectivity index (χ0v) is 12.4. The van der Waals surface area contributed by atoms with Gasteiger partial charge < -0.3 is 22.0 Å². The van der Waals surface area contributed by atoms with Crippen LogP contribution >= 0.6 is 11.6 Å². The van der Waals surface area contributed by atoms with Gasteiger partial charge in [-0.15, -0.1) is 11.6 Å². The Kier molecular flexibility index (Phi) is 12.5. The van der Waals surface area contributed by atoms with Crippen LogP contribution in [0, 0.1) is 0 Å². The molecule has 0 aliphatic rings. The van der Waals surface area contributed by atoms with Crippen LogP contribution in [0.15, 0.2) is 0 Å². The van der Waals surface area contributed by atoms with Crippen LogP contribution in [0.4, 0.5) is 0 Å². The third-order valence-corrected chi connectivity index (χ3v) is 3.11. The maximum Gasteiger partial charge on any atom is 0.116 e. The lowest BCUT2D eigenvalue weighted by molar-refractivity contribution is -0.893. The molecule has 0 spiro atoms. The molecule has 4 heteroatoms. The maximum atomic E-state index is 9.49. The summed E-state index contributed by atoms with van der Waals surface area (Å²) in [6.45, 7) is 4.13. The molecule has 1 N–H and O–H groups in total. The Labute approximate surface area is 112 Å². The van der Waals surface area contributed by atoms with E-state index >= 15 is 0 Å². The van der Waals surface area contributed by atoms with Gasteiger partial charge in [-0.1, -0.05) is 26.2 Å². The van der Waals surface area contributed by atoms with Gasteiger partial charge in [0.2, 0.25) is 0 Å². The van der Waals surface area contributed by atoms with Crippen molar-refractivity contribution in [1.82, 2.24) is 0 Å². The molecular weight excluding hydrogens is 245 g/mol. The van der Waals surface area contributed by atoms with E-state index in [2.05, 4.69) is 21.0 Å². The molecule has 1 unspecified atom stereocenters. The van der Waals surface area contributed by atoms with Gasteiger partial charge in [0.15, 0.2) is 0 Å². The molecule has 0 fully saturated rings. The third-order valence-electron chi connectivity index (χ3n) is 2.75. The molecular formula is C12H27Cl2NO. The zero-order chi connectivity index (χ0) is 11.7. The highest BCUT2D eigenvalue weighted by Crippen LogP contribution is 2.08. The lowest BCUT2D eigenvalue weighted by Gasteiger charge is -2.31. The molecule has 0 amide bonds. The quantitative estimate of drug-likeness (QED) is 0.345. The van der Waals surface area contributed by atoms with Crippen LogP contribution < -0.4 is 12.4 Å². The Hall–Kier alpha value is 0.500. The first kappa shape index (κ1) is 18.9. The molecule has 2 nitrogen and oxygen atoms in total. The number of aliphatic hydroxyl groups is 1. The van der Waals surface area contributed by atoms with Gasteiger partial charge in [0.05, 0.1) is 26.5 Å². The van der Waals surface area contributed by atoms with E-state index in [0.29, 0.717) is 5.88 Å². The minimum atomic E-state index is -0.364. The molecule has 100 valence electrons. The van der Waals surface area contributed by atoms with Crippen LogP contribution in [0.1, 0.15) is 39.0 Å². The van der Waals surface area contributed by atoms with Crippen molar-refractivity contribution in [2.24, 2.45) is 0 Å². The summed E-state index contributed by atoms with van der Waals surface area (Å²) in [6.07, 6.45) is 6.18. The first-order valence-corrected chi connectivity index (χ1v) is 6.61. The van der Waals surface area contributed by atoms with Crippen molar-refractivity contribution >= 4 is 11.6 Å². The average Bonchev–Trinajstić information content (AvgIpc) is 2.16. The Bertz CT molecular complexity index is 154. The summed E-state index contributed by atoms with van der Waals surface area (Å²) in [6, 6.07) is 0. The van der Waals surface area contributed by atoms with E-state index < -0.39 is 0 Å². The van der Waals surface area contributed by atoms with E-state index in [9.17, 15) is 5.11 Å². The number of unbranched alkanes of at least 4 members (excludes halogenated alkanes) is 4. The second-order valence-electron chi connectivity index (χ2n) is 5.06. The standard InChI is InChI=1S/C12H27ClNO.ClH/c1-4-5-6-7-8-9-14(2,3)11-12(15)10-13;/h12,15H,4-11H2,1-3H3;1H/q+1;/p-1. The number of quaternary nitrogens is 1. The predicted octanol–water partition coefficient (Wildman–Crippen LogP) is -0.363. The number of alkyl halides is 1. The van der Waals surface area contributed by atoms with Crippen LogP contribution in [0.3, 0.4) is 0 Å². The molecule has 0 radical (unpaired) electrons. The average molecular weight is 272 g/mol. The fourth-order valence-electron chi connectivity index (χ4n) is 1.85. The Morgan fingerprint density at radius 2 is 1.69 bits per heavy atom. The molecule has 0 aromatic rings. The number of hydrogen-bond acceptors (Lipinski definition) is 1. The molecule has 0 bridgehead atoms. The van der Waals surface area contributed by atoms with Crippen molar-refractivity contribution in [1.29, 1.82) is 0 Å². The molecule has 0 aromatic heterocycles. The minimum Gasteiger partial charge on any atom is -1.00 e. The number of nitrogens with zero attached hydrogens (tertiary/aromatic N) is 1. The second-order valence-corrected chi connectivity index (χ2v) is 5.37. The van der Waals surface area contributed by atoms with Gasteiger partial charge in [0.25, 0.3) is 0 Å². The van der Waals surface area contributed by atoms with Gasteiger partial charge in [0.1, 0.15) is 12.6 Å². The van der Waals surface area contributed by atoms with Crippen LogP contribution in [-0.4, -0.2) is 48.8 Å². The molecule has 16 heavy (non-hydrogen) atoms. The molecule has 0 rings (SSSR count). The highest BCUT2D eigenvalue weighted by molar-refractivity contribution is 6.18. The highest BCUT2D eigenvalue weighted by atomic mass is 35.5. The molecule has 0 saturated carbocycles. The van der Waals surface area contributed by atoms with Crippen molar-refractivity contribution in [3.05, 3.63) is 0 Å². The van der Waals surface area contributed by atoms with Crippen LogP contribution in [0.25, 0.3) is 0 Å². The van der Waals surface area contributed by atoms with Gasteiger partial charge in [0, 0.05) is 0 Å². The fourth-order valence-corrected chi connectivity index (χ4v) is 1.95. The number of aliphatic hydroxyl groups excluding tert-OH is 1. The molecule has 0 saturated heterocycles. The second kappa shape index (κ2) is 10.6. The van der Waals surface area contributed by atoms with Gasteiger partial charge >= 0.3 is 0 Å². The first-order valence-electron chi connectivity index (χ1n) is 6.08. The number of rotatable bonds is 9. The smallest absolute Gasteiger partial charge is 0.116 e. The van der Waals surface area contributed by atoms with Crippen molar-refractivity contribution < 1.29 is 22.0 Å². The van der Waals surface area contributed by atoms with E-state index in [1.54, 1.807) is 0 Å². The van der Waals surface area contributed by atoms with Crippen molar-refractivity contribution in [3.63, 3.8) is 0 Å². The largest absolute Gasteiger partial charge is 1.00 e. The normalized spacial score (nSPS) is 13.3. The highest BCUT2D eigenvalue weighted by Gasteiger charge is 2.19. The summed E-state index contributed by atoms with van der Waals surface area (Å²) in [7, 11) is 4.32. The van der Waals surface area contributed by atoms with Gasteiger partial charge in [-0.3, -0.25) is 0 Å². The Balaban J connectivity index is 0. The van der Waals surface area contributed by atoms with Crippen LogP contribution in [-0.2, 0) is 0 Å². The van der Waals surface area contributed by atoms with E-state index in [-0.39, 0.29) is 18.5 Å². The number of likely N-dealkylation sites (N-methyl/N-ethyl adjacent to an activating group) is 1. The fraction of sp³-hybridized carbons (Fsp3) is 1.00. The van der Waals surface area contributed by atoms with E-state index in [1.807, 2.05) is 0 Å². The van der Waals surface area contributed by atoms with Gasteiger partial charge in [-0.05, 0) is 12.8 Å². The lowest BCUT2D eigenvalue weighted by atomic mass is 10.1. The summed E-state index contributed by atoms with van der Waals surface area (Å²) in [5, 5.41) is 9.49. The summed E-state index contributed by atoms with van der Waals surface area (Å²) < 4.78 is 0.875. The van der Waals surface area contributed by atoms with Gasteiger partial charge in [-0.25, -0.2) is 0 Å². The minimum absolute atomic E-state index is 0. The van der Waals surface area contributed by atoms with Crippen molar-refractivity contribution in [2.45, 2.75) is 45.1 Å². The first-order chi connectivity index (χ1) is 7.02. The summed E-state index contributed by atoms with van der Waals surface area (Å²) >= 11 is 5.60. The number of hydrogen-bond donors (Lipinski definition) is 1. The molecule has 0 aliphatic heterocycles. The third kappa shape index (κ3) is 11.0. The molecule has 1 atom stereocenters. The maximum absolute atomic E-state index is 9.49. The summed E-state index contributed by atoms with van der Waals surface area (Å²) in [5.74, 6) is 0.345. The molecule has 0 aliphatic carbocycles. The Morgan fingerprint density at radius 1 is 1.12 bits per heavy atom. The lowest BCUT2D eigenvalue weighted by Crippen LogP contribution is -3.00. The Morgan fingerprint density at radius 3 is 2.19 bits per heavy atom. The van der Waals surface area contributed by atoms with Crippen molar-refractivity contribution in [3.8, 4) is 0 Å². The van der Waals surface area contributed by atoms with E-state index in [1.165, 1.54) is 32.1 Å². The molecule has 0 heterocycles. The van der Waals surface area contributed by atoms with Gasteiger partial charge in [-0.2, -0.15) is 0 Å². The SMILES string of the molecule is CCCCCCC[N+](C)(C)CC(O)CCl.[Cl-]. The van der Waals surface area contributed by atoms with E-state index in [4.69, 9.17) is 11.6 Å². The topological polar surface area (TPSA) is 20.2 Å². The van der Waals surface area contributed by atoms with Crippen molar-refractivity contribution in [2.75, 3.05) is 33.1 Å². The summed E-state index contributed by atoms with van der Waals surface area (Å²) in [5.41, 5.74) is 0. The molecule has 0 aromatic carbocycles. The monoisotopic (exact) mass is 271 g/mol. The van der Waals surface area contributed by atoms with Crippen LogP contribution in [0.2, 0.25) is 0 Å². The number of halogens is 2. The predicted molar refractivity (Wildman–Crippen MR) is 67.3 cm³/mol. The van der Waals surface area contributed by atoms with E-state index in [0.717, 1.165) is 17.6 Å². The van der Waals surface area contributed by atoms with Crippen LogP contribution in [0.5, 0.6) is 0 Å².